The lowest BCUT2D eigenvalue weighted by molar-refractivity contribution is 0.102. The van der Waals surface area contributed by atoms with Crippen molar-refractivity contribution in [2.45, 2.75) is 33.4 Å². The molecule has 2 aromatic rings. The summed E-state index contributed by atoms with van der Waals surface area (Å²) in [6, 6.07) is 8.29. The zero-order valence-corrected chi connectivity index (χ0v) is 12.0. The van der Waals surface area contributed by atoms with E-state index in [2.05, 4.69) is 34.7 Å². The van der Waals surface area contributed by atoms with Gasteiger partial charge in [0.1, 0.15) is 0 Å². The molecule has 5 nitrogen and oxygen atoms in total. The number of hydrogen-bond acceptors (Lipinski definition) is 3. The molecule has 1 amide bonds. The smallest absolute Gasteiger partial charge is 0.259 e. The van der Waals surface area contributed by atoms with E-state index in [0.29, 0.717) is 11.6 Å². The van der Waals surface area contributed by atoms with Crippen LogP contribution in [-0.2, 0) is 6.54 Å². The average Bonchev–Trinajstić information content (AvgIpc) is 2.84. The summed E-state index contributed by atoms with van der Waals surface area (Å²) in [5, 5.41) is 12.8. The summed E-state index contributed by atoms with van der Waals surface area (Å²) >= 11 is 0. The Morgan fingerprint density at radius 1 is 1.30 bits per heavy atom. The van der Waals surface area contributed by atoms with Crippen molar-refractivity contribution in [1.82, 2.24) is 15.5 Å². The van der Waals surface area contributed by atoms with Crippen LogP contribution in [0.1, 0.15) is 35.5 Å². The van der Waals surface area contributed by atoms with E-state index in [1.165, 1.54) is 11.8 Å². The third kappa shape index (κ3) is 3.68. The normalized spacial score (nSPS) is 10.8. The molecule has 1 heterocycles. The minimum atomic E-state index is -0.149. The van der Waals surface area contributed by atoms with E-state index >= 15 is 0 Å². The van der Waals surface area contributed by atoms with Crippen LogP contribution in [0.5, 0.6) is 0 Å². The van der Waals surface area contributed by atoms with Crippen molar-refractivity contribution in [3.63, 3.8) is 0 Å². The molecule has 0 radical (unpaired) electrons. The van der Waals surface area contributed by atoms with Gasteiger partial charge in [0.25, 0.3) is 5.91 Å². The summed E-state index contributed by atoms with van der Waals surface area (Å²) < 4.78 is 0. The topological polar surface area (TPSA) is 69.8 Å². The fraction of sp³-hybridized carbons (Fsp3) is 0.333. The molecule has 3 N–H and O–H groups in total. The summed E-state index contributed by atoms with van der Waals surface area (Å²) in [6.07, 6.45) is 1.53. The molecule has 0 saturated carbocycles. The number of carbonyl (C=O) groups excluding carboxylic acids is 1. The van der Waals surface area contributed by atoms with Crippen molar-refractivity contribution in [3.05, 3.63) is 47.3 Å². The molecule has 0 unspecified atom stereocenters. The van der Waals surface area contributed by atoms with Crippen LogP contribution >= 0.6 is 0 Å². The summed E-state index contributed by atoms with van der Waals surface area (Å²) in [5.41, 5.74) is 3.30. The second kappa shape index (κ2) is 6.34. The molecule has 0 atom stereocenters. The number of aromatic nitrogens is 2. The third-order valence-corrected chi connectivity index (χ3v) is 3.00. The van der Waals surface area contributed by atoms with Gasteiger partial charge in [0, 0.05) is 24.0 Å². The Morgan fingerprint density at radius 3 is 2.55 bits per heavy atom. The zero-order valence-electron chi connectivity index (χ0n) is 12.0. The molecule has 20 heavy (non-hydrogen) atoms. The van der Waals surface area contributed by atoms with Crippen LogP contribution in [0.2, 0.25) is 0 Å². The van der Waals surface area contributed by atoms with Crippen LogP contribution in [-0.4, -0.2) is 22.1 Å². The molecule has 5 heteroatoms. The monoisotopic (exact) mass is 272 g/mol. The zero-order chi connectivity index (χ0) is 14.5. The van der Waals surface area contributed by atoms with Crippen molar-refractivity contribution in [3.8, 4) is 0 Å². The second-order valence-corrected chi connectivity index (χ2v) is 5.10. The number of anilines is 1. The van der Waals surface area contributed by atoms with Gasteiger partial charge in [-0.2, -0.15) is 5.10 Å². The number of rotatable bonds is 5. The van der Waals surface area contributed by atoms with E-state index in [0.717, 1.165) is 17.9 Å². The number of hydrogen-bond donors (Lipinski definition) is 3. The van der Waals surface area contributed by atoms with Crippen LogP contribution in [0, 0.1) is 6.92 Å². The molecular formula is C15H20N4O. The number of H-pyrrole nitrogens is 1. The Morgan fingerprint density at radius 2 is 2.00 bits per heavy atom. The number of aromatic amines is 1. The predicted octanol–water partition coefficient (Wildman–Crippen LogP) is 2.47. The van der Waals surface area contributed by atoms with E-state index in [4.69, 9.17) is 0 Å². The Balaban J connectivity index is 1.97. The van der Waals surface area contributed by atoms with Gasteiger partial charge in [0.05, 0.1) is 11.8 Å². The van der Waals surface area contributed by atoms with Crippen LogP contribution in [0.15, 0.2) is 30.5 Å². The number of benzene rings is 1. The SMILES string of the molecule is Cc1[nH]ncc1C(=O)Nc1ccc(CNC(C)C)cc1. The molecule has 1 aromatic carbocycles. The van der Waals surface area contributed by atoms with E-state index in [-0.39, 0.29) is 5.91 Å². The van der Waals surface area contributed by atoms with Crippen molar-refractivity contribution in [2.75, 3.05) is 5.32 Å². The number of aryl methyl sites for hydroxylation is 1. The highest BCUT2D eigenvalue weighted by atomic mass is 16.1. The highest BCUT2D eigenvalue weighted by molar-refractivity contribution is 6.04. The predicted molar refractivity (Wildman–Crippen MR) is 79.7 cm³/mol. The Kier molecular flexibility index (Phi) is 4.53. The number of amides is 1. The molecular weight excluding hydrogens is 252 g/mol. The number of carbonyl (C=O) groups is 1. The third-order valence-electron chi connectivity index (χ3n) is 3.00. The van der Waals surface area contributed by atoms with Crippen molar-refractivity contribution in [2.24, 2.45) is 0 Å². The first-order valence-electron chi connectivity index (χ1n) is 6.70. The number of nitrogens with zero attached hydrogens (tertiary/aromatic N) is 1. The van der Waals surface area contributed by atoms with E-state index in [1.807, 2.05) is 31.2 Å². The molecule has 106 valence electrons. The van der Waals surface area contributed by atoms with Crippen LogP contribution in [0.3, 0.4) is 0 Å². The minimum Gasteiger partial charge on any atom is -0.322 e. The molecule has 0 saturated heterocycles. The lowest BCUT2D eigenvalue weighted by Gasteiger charge is -2.09. The number of nitrogens with one attached hydrogen (secondary N) is 3. The van der Waals surface area contributed by atoms with Crippen LogP contribution in [0.25, 0.3) is 0 Å². The molecule has 0 aliphatic heterocycles. The Bertz CT molecular complexity index is 572. The van der Waals surface area contributed by atoms with Gasteiger partial charge < -0.3 is 10.6 Å². The molecule has 2 rings (SSSR count). The lowest BCUT2D eigenvalue weighted by Crippen LogP contribution is -2.21. The summed E-state index contributed by atoms with van der Waals surface area (Å²) in [5.74, 6) is -0.149. The van der Waals surface area contributed by atoms with Gasteiger partial charge >= 0.3 is 0 Å². The first kappa shape index (κ1) is 14.3. The average molecular weight is 272 g/mol. The summed E-state index contributed by atoms with van der Waals surface area (Å²) in [7, 11) is 0. The molecule has 1 aromatic heterocycles. The van der Waals surface area contributed by atoms with Crippen molar-refractivity contribution >= 4 is 11.6 Å². The van der Waals surface area contributed by atoms with Gasteiger partial charge in [-0.25, -0.2) is 0 Å². The molecule has 0 fully saturated rings. The first-order valence-corrected chi connectivity index (χ1v) is 6.70. The molecule has 0 bridgehead atoms. The fourth-order valence-corrected chi connectivity index (χ4v) is 1.81. The maximum Gasteiger partial charge on any atom is 0.259 e. The van der Waals surface area contributed by atoms with Gasteiger partial charge in [-0.1, -0.05) is 26.0 Å². The first-order chi connectivity index (χ1) is 9.56. The summed E-state index contributed by atoms with van der Waals surface area (Å²) in [4.78, 5) is 12.0. The van der Waals surface area contributed by atoms with Gasteiger partial charge in [-0.15, -0.1) is 0 Å². The minimum absolute atomic E-state index is 0.149. The van der Waals surface area contributed by atoms with Gasteiger partial charge in [0.15, 0.2) is 0 Å². The van der Waals surface area contributed by atoms with E-state index in [9.17, 15) is 4.79 Å². The van der Waals surface area contributed by atoms with Crippen LogP contribution < -0.4 is 10.6 Å². The van der Waals surface area contributed by atoms with Gasteiger partial charge in [0.2, 0.25) is 0 Å². The molecule has 0 aliphatic rings. The van der Waals surface area contributed by atoms with Gasteiger partial charge in [-0.3, -0.25) is 9.89 Å². The van der Waals surface area contributed by atoms with E-state index < -0.39 is 0 Å². The fourth-order valence-electron chi connectivity index (χ4n) is 1.81. The Labute approximate surface area is 118 Å². The molecule has 0 aliphatic carbocycles. The summed E-state index contributed by atoms with van der Waals surface area (Å²) in [6.45, 7) is 6.87. The largest absolute Gasteiger partial charge is 0.322 e. The maximum absolute atomic E-state index is 12.0. The van der Waals surface area contributed by atoms with Crippen molar-refractivity contribution in [1.29, 1.82) is 0 Å². The quantitative estimate of drug-likeness (QED) is 0.783. The standard InChI is InChI=1S/C15H20N4O/c1-10(2)16-8-12-4-6-13(7-5-12)18-15(20)14-9-17-19-11(14)3/h4-7,9-10,16H,8H2,1-3H3,(H,17,19)(H,18,20). The lowest BCUT2D eigenvalue weighted by atomic mass is 10.2. The van der Waals surface area contributed by atoms with Gasteiger partial charge in [-0.05, 0) is 24.6 Å². The van der Waals surface area contributed by atoms with Crippen LogP contribution in [0.4, 0.5) is 5.69 Å². The maximum atomic E-state index is 12.0. The van der Waals surface area contributed by atoms with E-state index in [1.54, 1.807) is 0 Å². The highest BCUT2D eigenvalue weighted by Gasteiger charge is 2.10. The molecule has 0 spiro atoms. The Hall–Kier alpha value is -2.14. The second-order valence-electron chi connectivity index (χ2n) is 5.10. The highest BCUT2D eigenvalue weighted by Crippen LogP contribution is 2.12. The van der Waals surface area contributed by atoms with Crippen molar-refractivity contribution < 1.29 is 4.79 Å².